The summed E-state index contributed by atoms with van der Waals surface area (Å²) in [6.45, 7) is 13.4. The molecular weight excluding hydrogens is 323 g/mol. The Bertz CT molecular complexity index is 907. The Balaban J connectivity index is 2.04. The number of nitrogens with zero attached hydrogens (tertiary/aromatic N) is 2. The molecule has 0 spiro atoms. The molecule has 0 atom stereocenters. The first kappa shape index (κ1) is 18.4. The van der Waals surface area contributed by atoms with E-state index in [0.717, 1.165) is 29.0 Å². The average Bonchev–Trinajstić information content (AvgIpc) is 2.54. The van der Waals surface area contributed by atoms with Crippen LogP contribution >= 0.6 is 0 Å². The molecule has 0 saturated carbocycles. The molecular formula is C23H27FN2. The summed E-state index contributed by atoms with van der Waals surface area (Å²) in [7, 11) is 0. The maximum atomic E-state index is 14.8. The molecule has 0 aromatic heterocycles. The van der Waals surface area contributed by atoms with Crippen molar-refractivity contribution in [3.63, 3.8) is 0 Å². The van der Waals surface area contributed by atoms with Crippen LogP contribution in [0.15, 0.2) is 41.4 Å². The molecule has 0 unspecified atom stereocenters. The Hall–Kier alpha value is -2.42. The van der Waals surface area contributed by atoms with Crippen molar-refractivity contribution in [3.8, 4) is 0 Å². The maximum Gasteiger partial charge on any atom is 0.134 e. The number of allylic oxidation sites excluding steroid dienone is 1. The van der Waals surface area contributed by atoms with Gasteiger partial charge in [0.1, 0.15) is 5.82 Å². The first-order valence-corrected chi connectivity index (χ1v) is 9.15. The normalized spacial score (nSPS) is 16.0. The van der Waals surface area contributed by atoms with Gasteiger partial charge in [-0.15, -0.1) is 0 Å². The van der Waals surface area contributed by atoms with E-state index in [-0.39, 0.29) is 11.4 Å². The quantitative estimate of drug-likeness (QED) is 0.600. The lowest BCUT2D eigenvalue weighted by atomic mass is 9.88. The fourth-order valence-electron chi connectivity index (χ4n) is 3.88. The lowest BCUT2D eigenvalue weighted by molar-refractivity contribution is 0.561. The van der Waals surface area contributed by atoms with Gasteiger partial charge >= 0.3 is 0 Å². The SMILES string of the molecule is CCN1c2cc(F)c(C=Nc3ccc(C)cc3C)cc2C(C)=CC1(C)C. The van der Waals surface area contributed by atoms with Gasteiger partial charge in [-0.1, -0.05) is 23.8 Å². The molecule has 0 saturated heterocycles. The Morgan fingerprint density at radius 2 is 1.85 bits per heavy atom. The van der Waals surface area contributed by atoms with Gasteiger partial charge in [0.25, 0.3) is 0 Å². The highest BCUT2D eigenvalue weighted by molar-refractivity contribution is 5.89. The van der Waals surface area contributed by atoms with Crippen LogP contribution in [0.5, 0.6) is 0 Å². The molecule has 0 amide bonds. The van der Waals surface area contributed by atoms with Crippen LogP contribution in [0, 0.1) is 19.7 Å². The number of benzene rings is 2. The van der Waals surface area contributed by atoms with Crippen molar-refractivity contribution in [1.29, 1.82) is 0 Å². The van der Waals surface area contributed by atoms with Gasteiger partial charge in [-0.05, 0) is 70.9 Å². The number of halogens is 1. The van der Waals surface area contributed by atoms with Gasteiger partial charge in [0.2, 0.25) is 0 Å². The van der Waals surface area contributed by atoms with Crippen LogP contribution in [0.2, 0.25) is 0 Å². The summed E-state index contributed by atoms with van der Waals surface area (Å²) in [6, 6.07) is 9.66. The van der Waals surface area contributed by atoms with Crippen molar-refractivity contribution in [2.24, 2.45) is 4.99 Å². The molecule has 1 heterocycles. The van der Waals surface area contributed by atoms with E-state index in [4.69, 9.17) is 0 Å². The number of hydrogen-bond acceptors (Lipinski definition) is 2. The minimum Gasteiger partial charge on any atom is -0.363 e. The predicted molar refractivity (Wildman–Crippen MR) is 110 cm³/mol. The van der Waals surface area contributed by atoms with Gasteiger partial charge in [-0.25, -0.2) is 4.39 Å². The van der Waals surface area contributed by atoms with Gasteiger partial charge in [-0.2, -0.15) is 0 Å². The van der Waals surface area contributed by atoms with Gasteiger partial charge < -0.3 is 4.90 Å². The first-order chi connectivity index (χ1) is 12.2. The maximum absolute atomic E-state index is 14.8. The fraction of sp³-hybridized carbons (Fsp3) is 0.348. The number of hydrogen-bond donors (Lipinski definition) is 0. The summed E-state index contributed by atoms with van der Waals surface area (Å²) in [5, 5.41) is 0. The molecule has 0 radical (unpaired) electrons. The van der Waals surface area contributed by atoms with Crippen molar-refractivity contribution in [2.45, 2.75) is 47.1 Å². The summed E-state index contributed by atoms with van der Waals surface area (Å²) in [4.78, 5) is 6.76. The van der Waals surface area contributed by atoms with Gasteiger partial charge in [0, 0.05) is 29.6 Å². The van der Waals surface area contributed by atoms with E-state index < -0.39 is 0 Å². The van der Waals surface area contributed by atoms with Crippen molar-refractivity contribution < 1.29 is 4.39 Å². The molecule has 0 fully saturated rings. The van der Waals surface area contributed by atoms with E-state index in [1.165, 1.54) is 11.1 Å². The van der Waals surface area contributed by atoms with Crippen LogP contribution in [-0.2, 0) is 0 Å². The summed E-state index contributed by atoms with van der Waals surface area (Å²) in [6.07, 6.45) is 3.89. The standard InChI is InChI=1S/C23H27FN2/c1-7-26-22-12-20(24)18(11-19(22)17(4)13-23(26,5)6)14-25-21-9-8-15(2)10-16(21)3/h8-14H,7H2,1-6H3. The van der Waals surface area contributed by atoms with Crippen molar-refractivity contribution in [2.75, 3.05) is 11.4 Å². The Labute approximate surface area is 156 Å². The number of rotatable bonds is 3. The van der Waals surface area contributed by atoms with Crippen molar-refractivity contribution in [1.82, 2.24) is 0 Å². The van der Waals surface area contributed by atoms with Crippen LogP contribution in [0.25, 0.3) is 5.57 Å². The number of fused-ring (bicyclic) bond motifs is 1. The highest BCUT2D eigenvalue weighted by atomic mass is 19.1. The van der Waals surface area contributed by atoms with Gasteiger partial charge in [0.05, 0.1) is 11.2 Å². The summed E-state index contributed by atoms with van der Waals surface area (Å²) >= 11 is 0. The van der Waals surface area contributed by atoms with Crippen LogP contribution in [0.4, 0.5) is 15.8 Å². The van der Waals surface area contributed by atoms with Crippen LogP contribution < -0.4 is 4.90 Å². The summed E-state index contributed by atoms with van der Waals surface area (Å²) in [5.41, 5.74) is 6.78. The topological polar surface area (TPSA) is 15.6 Å². The number of aliphatic imine (C=N–C) groups is 1. The Kier molecular flexibility index (Phi) is 4.74. The zero-order valence-corrected chi connectivity index (χ0v) is 16.5. The second kappa shape index (κ2) is 6.71. The van der Waals surface area contributed by atoms with E-state index in [9.17, 15) is 4.39 Å². The van der Waals surface area contributed by atoms with Crippen molar-refractivity contribution in [3.05, 3.63) is 64.5 Å². The molecule has 0 aliphatic carbocycles. The molecule has 0 bridgehead atoms. The Morgan fingerprint density at radius 3 is 2.50 bits per heavy atom. The fourth-order valence-corrected chi connectivity index (χ4v) is 3.88. The molecule has 2 aromatic carbocycles. The van der Waals surface area contributed by atoms with E-state index in [1.807, 2.05) is 25.1 Å². The molecule has 1 aliphatic rings. The lowest BCUT2D eigenvalue weighted by Gasteiger charge is -2.42. The molecule has 26 heavy (non-hydrogen) atoms. The number of anilines is 1. The Morgan fingerprint density at radius 1 is 1.12 bits per heavy atom. The molecule has 136 valence electrons. The van der Waals surface area contributed by atoms with Gasteiger partial charge in [-0.3, -0.25) is 4.99 Å². The molecule has 2 aromatic rings. The first-order valence-electron chi connectivity index (χ1n) is 9.15. The van der Waals surface area contributed by atoms with Crippen molar-refractivity contribution >= 4 is 23.2 Å². The van der Waals surface area contributed by atoms with Crippen LogP contribution in [0.1, 0.15) is 49.9 Å². The van der Waals surface area contributed by atoms with Gasteiger partial charge in [0.15, 0.2) is 0 Å². The third-order valence-corrected chi connectivity index (χ3v) is 5.11. The van der Waals surface area contributed by atoms with E-state index in [0.29, 0.717) is 5.56 Å². The van der Waals surface area contributed by atoms with Crippen LogP contribution in [0.3, 0.4) is 0 Å². The smallest absolute Gasteiger partial charge is 0.134 e. The van der Waals surface area contributed by atoms with Crippen LogP contribution in [-0.4, -0.2) is 18.3 Å². The minimum absolute atomic E-state index is 0.118. The molecule has 3 heteroatoms. The molecule has 0 N–H and O–H groups in total. The number of aryl methyl sites for hydroxylation is 2. The lowest BCUT2D eigenvalue weighted by Crippen LogP contribution is -2.45. The average molecular weight is 350 g/mol. The molecule has 2 nitrogen and oxygen atoms in total. The molecule has 1 aliphatic heterocycles. The zero-order chi connectivity index (χ0) is 19.1. The third kappa shape index (κ3) is 3.31. The van der Waals surface area contributed by atoms with E-state index in [2.05, 4.69) is 56.7 Å². The highest BCUT2D eigenvalue weighted by Crippen LogP contribution is 2.39. The minimum atomic E-state index is -0.235. The summed E-state index contributed by atoms with van der Waals surface area (Å²) in [5.74, 6) is -0.235. The second-order valence-corrected chi connectivity index (χ2v) is 7.66. The summed E-state index contributed by atoms with van der Waals surface area (Å²) < 4.78 is 14.8. The van der Waals surface area contributed by atoms with E-state index >= 15 is 0 Å². The largest absolute Gasteiger partial charge is 0.363 e. The number of likely N-dealkylation sites (N-methyl/N-ethyl adjacent to an activating group) is 1. The van der Waals surface area contributed by atoms with E-state index in [1.54, 1.807) is 12.3 Å². The zero-order valence-electron chi connectivity index (χ0n) is 16.5. The third-order valence-electron chi connectivity index (χ3n) is 5.11. The monoisotopic (exact) mass is 350 g/mol. The highest BCUT2D eigenvalue weighted by Gasteiger charge is 2.30. The molecule has 3 rings (SSSR count). The predicted octanol–water partition coefficient (Wildman–Crippen LogP) is 6.21. The second-order valence-electron chi connectivity index (χ2n) is 7.66.